The van der Waals surface area contributed by atoms with Gasteiger partial charge in [0.25, 0.3) is 0 Å². The minimum atomic E-state index is -1.04. The third-order valence-electron chi connectivity index (χ3n) is 1.08. The molecule has 64 valence electrons. The first kappa shape index (κ1) is 10.5. The van der Waals surface area contributed by atoms with E-state index in [0.29, 0.717) is 0 Å². The topological polar surface area (TPSA) is 69.6 Å². The lowest BCUT2D eigenvalue weighted by Gasteiger charge is -2.13. The lowest BCUT2D eigenvalue weighted by Crippen LogP contribution is -2.43. The Morgan fingerprint density at radius 2 is 2.36 bits per heavy atom. The molecule has 0 amide bonds. The fourth-order valence-electron chi connectivity index (χ4n) is 0.476. The van der Waals surface area contributed by atoms with Gasteiger partial charge in [-0.3, -0.25) is 10.1 Å². The average Bonchev–Trinajstić information content (AvgIpc) is 1.99. The van der Waals surface area contributed by atoms with Crippen LogP contribution < -0.4 is 5.32 Å². The van der Waals surface area contributed by atoms with Crippen molar-refractivity contribution in [2.75, 3.05) is 5.75 Å². The molecule has 0 aliphatic heterocycles. The van der Waals surface area contributed by atoms with Crippen LogP contribution in [-0.4, -0.2) is 34.2 Å². The van der Waals surface area contributed by atoms with Crippen molar-refractivity contribution in [1.82, 2.24) is 5.32 Å². The van der Waals surface area contributed by atoms with Gasteiger partial charge in [-0.1, -0.05) is 6.58 Å². The fraction of sp³-hybridized carbons (Fsp3) is 0.500. The zero-order valence-electron chi connectivity index (χ0n) is 5.90. The highest BCUT2D eigenvalue weighted by atomic mass is 32.1. The quantitative estimate of drug-likeness (QED) is 0.259. The summed E-state index contributed by atoms with van der Waals surface area (Å²) in [6.45, 7) is 3.28. The minimum absolute atomic E-state index is 0.125. The summed E-state index contributed by atoms with van der Waals surface area (Å²) < 4.78 is 0. The van der Waals surface area contributed by atoms with Gasteiger partial charge in [0.2, 0.25) is 0 Å². The van der Waals surface area contributed by atoms with Crippen molar-refractivity contribution in [3.05, 3.63) is 12.7 Å². The highest BCUT2D eigenvalue weighted by molar-refractivity contribution is 7.80. The number of aliphatic hydroxyl groups excluding tert-OH is 1. The number of carboxylic acids is 1. The van der Waals surface area contributed by atoms with Crippen LogP contribution in [0, 0.1) is 0 Å². The van der Waals surface area contributed by atoms with E-state index < -0.39 is 18.2 Å². The third-order valence-corrected chi connectivity index (χ3v) is 1.44. The van der Waals surface area contributed by atoms with Crippen LogP contribution >= 0.6 is 12.6 Å². The van der Waals surface area contributed by atoms with Crippen LogP contribution in [0.4, 0.5) is 0 Å². The molecule has 11 heavy (non-hydrogen) atoms. The molecule has 0 aromatic heterocycles. The van der Waals surface area contributed by atoms with Crippen molar-refractivity contribution in [2.24, 2.45) is 0 Å². The summed E-state index contributed by atoms with van der Waals surface area (Å²) in [5.74, 6) is -0.916. The number of rotatable bonds is 5. The minimum Gasteiger partial charge on any atom is -0.480 e. The van der Waals surface area contributed by atoms with Gasteiger partial charge >= 0.3 is 5.97 Å². The summed E-state index contributed by atoms with van der Waals surface area (Å²) in [6, 6.07) is -0.841. The van der Waals surface area contributed by atoms with E-state index in [-0.39, 0.29) is 5.75 Å². The highest BCUT2D eigenvalue weighted by Gasteiger charge is 2.16. The van der Waals surface area contributed by atoms with Crippen LogP contribution in [0.2, 0.25) is 0 Å². The molecule has 0 saturated carbocycles. The van der Waals surface area contributed by atoms with Crippen molar-refractivity contribution >= 4 is 18.6 Å². The van der Waals surface area contributed by atoms with Gasteiger partial charge in [-0.25, -0.2) is 0 Å². The van der Waals surface area contributed by atoms with E-state index in [1.165, 1.54) is 6.08 Å². The molecule has 3 N–H and O–H groups in total. The number of hydrogen-bond acceptors (Lipinski definition) is 4. The number of carbonyl (C=O) groups is 1. The molecule has 0 rings (SSSR count). The molecule has 0 saturated heterocycles. The Bertz CT molecular complexity index is 151. The molecule has 0 aliphatic rings. The van der Waals surface area contributed by atoms with E-state index in [1.54, 1.807) is 0 Å². The van der Waals surface area contributed by atoms with E-state index >= 15 is 0 Å². The molecule has 0 aromatic rings. The number of aliphatic carboxylic acids is 1. The van der Waals surface area contributed by atoms with Crippen molar-refractivity contribution in [3.8, 4) is 0 Å². The Kier molecular flexibility index (Phi) is 4.93. The maximum absolute atomic E-state index is 10.3. The van der Waals surface area contributed by atoms with Crippen molar-refractivity contribution in [3.63, 3.8) is 0 Å². The van der Waals surface area contributed by atoms with Crippen LogP contribution in [0.25, 0.3) is 0 Å². The highest BCUT2D eigenvalue weighted by Crippen LogP contribution is 1.90. The predicted octanol–water partition coefficient (Wildman–Crippen LogP) is -0.537. The molecular weight excluding hydrogens is 166 g/mol. The first-order chi connectivity index (χ1) is 5.11. The second-order valence-corrected chi connectivity index (χ2v) is 2.29. The largest absolute Gasteiger partial charge is 0.480 e. The third kappa shape index (κ3) is 4.02. The molecule has 0 bridgehead atoms. The second kappa shape index (κ2) is 5.17. The Morgan fingerprint density at radius 1 is 1.82 bits per heavy atom. The molecular formula is C6H11NO3S. The van der Waals surface area contributed by atoms with Gasteiger partial charge < -0.3 is 10.2 Å². The summed E-state index contributed by atoms with van der Waals surface area (Å²) in [5.41, 5.74) is 0. The molecule has 5 heteroatoms. The van der Waals surface area contributed by atoms with Crippen LogP contribution in [0.3, 0.4) is 0 Å². The Labute approximate surface area is 70.3 Å². The van der Waals surface area contributed by atoms with Gasteiger partial charge in [0.15, 0.2) is 0 Å². The van der Waals surface area contributed by atoms with Crippen molar-refractivity contribution in [1.29, 1.82) is 0 Å². The van der Waals surface area contributed by atoms with E-state index in [4.69, 9.17) is 10.2 Å². The molecule has 2 atom stereocenters. The standard InChI is InChI=1S/C6H11NO3S/c1-2-5(8)7-4(3-11)6(9)10/h2,4-5,7-8,11H,1,3H2,(H,9,10)/t4-,5?/m0/s1. The Balaban J connectivity index is 3.87. The zero-order valence-corrected chi connectivity index (χ0v) is 6.79. The molecule has 0 aromatic carbocycles. The molecule has 0 spiro atoms. The van der Waals surface area contributed by atoms with Crippen molar-refractivity contribution in [2.45, 2.75) is 12.3 Å². The van der Waals surface area contributed by atoms with Crippen molar-refractivity contribution < 1.29 is 15.0 Å². The monoisotopic (exact) mass is 177 g/mol. The summed E-state index contributed by atoms with van der Waals surface area (Å²) in [5, 5.41) is 19.7. The van der Waals surface area contributed by atoms with Crippen LogP contribution in [-0.2, 0) is 4.79 Å². The van der Waals surface area contributed by atoms with Gasteiger partial charge in [-0.15, -0.1) is 0 Å². The summed E-state index contributed by atoms with van der Waals surface area (Å²) in [6.07, 6.45) is 0.211. The maximum Gasteiger partial charge on any atom is 0.321 e. The number of thiol groups is 1. The van der Waals surface area contributed by atoms with Gasteiger partial charge in [-0.2, -0.15) is 12.6 Å². The lowest BCUT2D eigenvalue weighted by atomic mass is 10.3. The van der Waals surface area contributed by atoms with E-state index in [0.717, 1.165) is 0 Å². The number of nitrogens with one attached hydrogen (secondary N) is 1. The number of carboxylic acid groups (broad SMARTS) is 1. The first-order valence-electron chi connectivity index (χ1n) is 3.02. The molecule has 0 fully saturated rings. The molecule has 0 aliphatic carbocycles. The summed E-state index contributed by atoms with van der Waals surface area (Å²) in [7, 11) is 0. The molecule has 4 nitrogen and oxygen atoms in total. The molecule has 0 radical (unpaired) electrons. The van der Waals surface area contributed by atoms with Gasteiger partial charge in [0.1, 0.15) is 12.3 Å². The average molecular weight is 177 g/mol. The van der Waals surface area contributed by atoms with Crippen LogP contribution in [0.1, 0.15) is 0 Å². The fourth-order valence-corrected chi connectivity index (χ4v) is 0.738. The predicted molar refractivity (Wildman–Crippen MR) is 44.6 cm³/mol. The van der Waals surface area contributed by atoms with E-state index in [1.807, 2.05) is 0 Å². The maximum atomic E-state index is 10.3. The Hall–Kier alpha value is -0.520. The smallest absolute Gasteiger partial charge is 0.321 e. The zero-order chi connectivity index (χ0) is 8.85. The number of aliphatic hydroxyl groups is 1. The van der Waals surface area contributed by atoms with Crippen LogP contribution in [0.15, 0.2) is 12.7 Å². The molecule has 1 unspecified atom stereocenters. The lowest BCUT2D eigenvalue weighted by molar-refractivity contribution is -0.139. The summed E-state index contributed by atoms with van der Waals surface area (Å²) in [4.78, 5) is 10.3. The van der Waals surface area contributed by atoms with E-state index in [9.17, 15) is 4.79 Å². The second-order valence-electron chi connectivity index (χ2n) is 1.92. The SMILES string of the molecule is C=CC(O)N[C@@H](CS)C(=O)O. The normalized spacial score (nSPS) is 15.5. The van der Waals surface area contributed by atoms with Gasteiger partial charge in [0.05, 0.1) is 0 Å². The number of hydrogen-bond donors (Lipinski definition) is 4. The molecule has 0 heterocycles. The van der Waals surface area contributed by atoms with Crippen LogP contribution in [0.5, 0.6) is 0 Å². The van der Waals surface area contributed by atoms with E-state index in [2.05, 4.69) is 24.5 Å². The van der Waals surface area contributed by atoms with Gasteiger partial charge in [0, 0.05) is 5.75 Å². The first-order valence-corrected chi connectivity index (χ1v) is 3.65. The summed E-state index contributed by atoms with van der Waals surface area (Å²) >= 11 is 3.78. The van der Waals surface area contributed by atoms with Gasteiger partial charge in [-0.05, 0) is 6.08 Å². The Morgan fingerprint density at radius 3 is 2.64 bits per heavy atom.